The van der Waals surface area contributed by atoms with Crippen molar-refractivity contribution < 1.29 is 4.57 Å². The van der Waals surface area contributed by atoms with E-state index in [-0.39, 0.29) is 0 Å². The molecule has 0 N–H and O–H groups in total. The Balaban J connectivity index is 0.00000211. The molecule has 124 valence electrons. The minimum absolute atomic E-state index is 1.14. The van der Waals surface area contributed by atoms with Crippen molar-refractivity contribution in [1.29, 1.82) is 5.26 Å². The molecule has 0 atom stereocenters. The minimum atomic E-state index is 1.14. The van der Waals surface area contributed by atoms with Crippen LogP contribution in [0, 0.1) is 11.8 Å². The van der Waals surface area contributed by atoms with Crippen LogP contribution in [-0.2, 0) is 13.0 Å². The molecular formula is C20H34N2. The Kier molecular flexibility index (Phi) is 15.0. The molecule has 0 aliphatic carbocycles. The molecule has 0 aliphatic rings. The van der Waals surface area contributed by atoms with Crippen LogP contribution in [0.2, 0.25) is 0 Å². The normalized spacial score (nSPS) is 10.0. The first-order chi connectivity index (χ1) is 10.9. The average molecular weight is 303 g/mol. The van der Waals surface area contributed by atoms with Crippen LogP contribution in [0.5, 0.6) is 0 Å². The van der Waals surface area contributed by atoms with Gasteiger partial charge in [-0.05, 0) is 18.4 Å². The van der Waals surface area contributed by atoms with Gasteiger partial charge in [0.15, 0.2) is 12.4 Å². The fourth-order valence-corrected chi connectivity index (χ4v) is 2.65. The summed E-state index contributed by atoms with van der Waals surface area (Å²) in [5, 5.41) is 6.25. The van der Waals surface area contributed by atoms with Crippen molar-refractivity contribution in [3.8, 4) is 0 Å². The van der Waals surface area contributed by atoms with Gasteiger partial charge < -0.3 is 11.8 Å². The van der Waals surface area contributed by atoms with Crippen LogP contribution < -0.4 is 4.57 Å². The number of pyridine rings is 1. The van der Waals surface area contributed by atoms with E-state index in [1.54, 1.807) is 0 Å². The number of unbranched alkanes of at least 4 members (excludes halogenated alkanes) is 9. The molecule has 0 amide bonds. The SMILES string of the molecule is CCCCCCCCCCCC[n+]1ccc(CC)cc1.[C-]#N. The van der Waals surface area contributed by atoms with E-state index in [4.69, 9.17) is 11.8 Å². The number of hydrogen-bond acceptors (Lipinski definition) is 1. The summed E-state index contributed by atoms with van der Waals surface area (Å²) >= 11 is 0. The van der Waals surface area contributed by atoms with E-state index >= 15 is 0 Å². The molecule has 1 heterocycles. The zero-order chi connectivity index (χ0) is 16.5. The third kappa shape index (κ3) is 11.3. The fourth-order valence-electron chi connectivity index (χ4n) is 2.65. The highest BCUT2D eigenvalue weighted by atomic mass is 14.9. The van der Waals surface area contributed by atoms with Gasteiger partial charge in [-0.2, -0.15) is 0 Å². The molecule has 0 aliphatic heterocycles. The van der Waals surface area contributed by atoms with Crippen LogP contribution in [0.3, 0.4) is 0 Å². The molecule has 1 aromatic heterocycles. The van der Waals surface area contributed by atoms with Gasteiger partial charge in [0.2, 0.25) is 0 Å². The van der Waals surface area contributed by atoms with Gasteiger partial charge in [0.1, 0.15) is 6.54 Å². The molecule has 0 fully saturated rings. The van der Waals surface area contributed by atoms with Gasteiger partial charge in [0.05, 0.1) is 0 Å². The largest absolute Gasteiger partial charge is 0.512 e. The molecule has 0 saturated carbocycles. The van der Waals surface area contributed by atoms with E-state index in [1.807, 2.05) is 0 Å². The van der Waals surface area contributed by atoms with Gasteiger partial charge in [0, 0.05) is 18.6 Å². The summed E-state index contributed by atoms with van der Waals surface area (Å²) in [4.78, 5) is 0. The second kappa shape index (κ2) is 16.0. The summed E-state index contributed by atoms with van der Waals surface area (Å²) in [6.45, 7) is 10.4. The molecule has 2 nitrogen and oxygen atoms in total. The van der Waals surface area contributed by atoms with Crippen LogP contribution in [-0.4, -0.2) is 0 Å². The lowest BCUT2D eigenvalue weighted by Gasteiger charge is -2.01. The van der Waals surface area contributed by atoms with Crippen molar-refractivity contribution in [1.82, 2.24) is 0 Å². The molecule has 0 unspecified atom stereocenters. The zero-order valence-electron chi connectivity index (χ0n) is 14.7. The molecule has 0 aromatic carbocycles. The van der Waals surface area contributed by atoms with E-state index in [9.17, 15) is 0 Å². The Hall–Kier alpha value is -1.36. The topological polar surface area (TPSA) is 27.7 Å². The van der Waals surface area contributed by atoms with E-state index < -0.39 is 0 Å². The van der Waals surface area contributed by atoms with Crippen molar-refractivity contribution in [3.05, 3.63) is 36.7 Å². The highest BCUT2D eigenvalue weighted by Crippen LogP contribution is 2.10. The number of rotatable bonds is 12. The third-order valence-electron chi connectivity index (χ3n) is 4.14. The van der Waals surface area contributed by atoms with Crippen LogP contribution in [0.25, 0.3) is 0 Å². The Morgan fingerprint density at radius 2 is 1.23 bits per heavy atom. The van der Waals surface area contributed by atoms with Crippen molar-refractivity contribution in [2.45, 2.75) is 91.0 Å². The van der Waals surface area contributed by atoms with Gasteiger partial charge in [-0.3, -0.25) is 0 Å². The maximum Gasteiger partial charge on any atom is 0.169 e. The number of nitrogens with zero attached hydrogens (tertiary/aromatic N) is 2. The Morgan fingerprint density at radius 1 is 0.773 bits per heavy atom. The zero-order valence-corrected chi connectivity index (χ0v) is 14.7. The van der Waals surface area contributed by atoms with Crippen LogP contribution in [0.4, 0.5) is 0 Å². The quantitative estimate of drug-likeness (QED) is 0.282. The summed E-state index contributed by atoms with van der Waals surface area (Å²) in [6.07, 6.45) is 19.7. The molecule has 0 saturated heterocycles. The van der Waals surface area contributed by atoms with E-state index in [0.717, 1.165) is 6.42 Å². The van der Waals surface area contributed by atoms with E-state index in [0.29, 0.717) is 0 Å². The maximum atomic E-state index is 6.25. The minimum Gasteiger partial charge on any atom is -0.512 e. The maximum absolute atomic E-state index is 6.25. The van der Waals surface area contributed by atoms with Gasteiger partial charge in [-0.1, -0.05) is 65.2 Å². The predicted octanol–water partition coefficient (Wildman–Crippen LogP) is 5.55. The van der Waals surface area contributed by atoms with Gasteiger partial charge in [-0.15, -0.1) is 0 Å². The van der Waals surface area contributed by atoms with Crippen molar-refractivity contribution in [3.63, 3.8) is 0 Å². The lowest BCUT2D eigenvalue weighted by atomic mass is 10.1. The number of aryl methyl sites for hydroxylation is 2. The molecule has 1 aromatic rings. The summed E-state index contributed by atoms with van der Waals surface area (Å²) in [7, 11) is 0. The van der Waals surface area contributed by atoms with Gasteiger partial charge in [0.25, 0.3) is 0 Å². The van der Waals surface area contributed by atoms with Crippen LogP contribution >= 0.6 is 0 Å². The predicted molar refractivity (Wildman–Crippen MR) is 92.8 cm³/mol. The van der Waals surface area contributed by atoms with E-state index in [1.165, 1.54) is 76.3 Å². The molecule has 0 spiro atoms. The monoisotopic (exact) mass is 302 g/mol. The fraction of sp³-hybridized carbons (Fsp3) is 0.700. The van der Waals surface area contributed by atoms with Crippen molar-refractivity contribution >= 4 is 0 Å². The number of hydrogen-bond donors (Lipinski definition) is 0. The molecular weight excluding hydrogens is 268 g/mol. The molecule has 0 radical (unpaired) electrons. The molecule has 1 rings (SSSR count). The first-order valence-electron chi connectivity index (χ1n) is 9.07. The Morgan fingerprint density at radius 3 is 1.68 bits per heavy atom. The van der Waals surface area contributed by atoms with Crippen molar-refractivity contribution in [2.75, 3.05) is 0 Å². The standard InChI is InChI=1S/C19H34N.CN/c1-3-5-6-7-8-9-10-11-12-13-16-20-17-14-19(4-2)15-18-20;1-2/h14-15,17-18H,3-13,16H2,1-2H3;/q+1;-1. The van der Waals surface area contributed by atoms with E-state index in [2.05, 4.69) is 42.9 Å². The first-order valence-corrected chi connectivity index (χ1v) is 9.07. The van der Waals surface area contributed by atoms with Crippen LogP contribution in [0.15, 0.2) is 24.5 Å². The summed E-state index contributed by atoms with van der Waals surface area (Å²) in [5.41, 5.74) is 1.43. The average Bonchev–Trinajstić information content (AvgIpc) is 2.59. The highest BCUT2D eigenvalue weighted by Gasteiger charge is 2.00. The molecule has 0 bridgehead atoms. The highest BCUT2D eigenvalue weighted by molar-refractivity contribution is 5.06. The number of aromatic nitrogens is 1. The van der Waals surface area contributed by atoms with Crippen molar-refractivity contribution in [2.24, 2.45) is 0 Å². The lowest BCUT2D eigenvalue weighted by Crippen LogP contribution is -2.32. The second-order valence-electron chi connectivity index (χ2n) is 5.98. The Bertz CT molecular complexity index is 354. The smallest absolute Gasteiger partial charge is 0.169 e. The second-order valence-corrected chi connectivity index (χ2v) is 5.98. The lowest BCUT2D eigenvalue weighted by molar-refractivity contribution is -0.697. The van der Waals surface area contributed by atoms with Crippen LogP contribution in [0.1, 0.15) is 83.6 Å². The molecule has 2 heteroatoms. The molecule has 22 heavy (non-hydrogen) atoms. The van der Waals surface area contributed by atoms with Gasteiger partial charge in [-0.25, -0.2) is 4.57 Å². The summed E-state index contributed by atoms with van der Waals surface area (Å²) < 4.78 is 2.32. The first kappa shape index (κ1) is 20.6. The Labute approximate surface area is 138 Å². The third-order valence-corrected chi connectivity index (χ3v) is 4.14. The van der Waals surface area contributed by atoms with Gasteiger partial charge >= 0.3 is 0 Å². The summed E-state index contributed by atoms with van der Waals surface area (Å²) in [6, 6.07) is 4.49. The summed E-state index contributed by atoms with van der Waals surface area (Å²) in [5.74, 6) is 0.